The Kier molecular flexibility index (Phi) is 5.16. The predicted molar refractivity (Wildman–Crippen MR) is 99.0 cm³/mol. The molecule has 25 heavy (non-hydrogen) atoms. The summed E-state index contributed by atoms with van der Waals surface area (Å²) < 4.78 is 0. The van der Waals surface area contributed by atoms with Crippen LogP contribution in [0.2, 0.25) is 10.0 Å². The Bertz CT molecular complexity index is 934. The van der Waals surface area contributed by atoms with Crippen LogP contribution >= 0.6 is 23.2 Å². The van der Waals surface area contributed by atoms with Crippen LogP contribution in [0.3, 0.4) is 0 Å². The fourth-order valence-corrected chi connectivity index (χ4v) is 2.49. The quantitative estimate of drug-likeness (QED) is 0.591. The monoisotopic (exact) mass is 376 g/mol. The van der Waals surface area contributed by atoms with Gasteiger partial charge in [-0.3, -0.25) is 4.79 Å². The fraction of sp³-hybridized carbons (Fsp3) is 0.125. The molecular weight excluding hydrogens is 363 g/mol. The van der Waals surface area contributed by atoms with Gasteiger partial charge in [0.1, 0.15) is 18.0 Å². The average molecular weight is 377 g/mol. The Morgan fingerprint density at radius 1 is 1.08 bits per heavy atom. The minimum absolute atomic E-state index is 0.234. The summed E-state index contributed by atoms with van der Waals surface area (Å²) in [5.74, 6) is 0.787. The van der Waals surface area contributed by atoms with E-state index in [-0.39, 0.29) is 5.91 Å². The fourth-order valence-electron chi connectivity index (χ4n) is 2.19. The van der Waals surface area contributed by atoms with E-state index in [9.17, 15) is 4.79 Å². The van der Waals surface area contributed by atoms with Crippen molar-refractivity contribution in [1.29, 1.82) is 0 Å². The van der Waals surface area contributed by atoms with Gasteiger partial charge in [-0.15, -0.1) is 0 Å². The molecule has 0 atom stereocenters. The Morgan fingerprint density at radius 2 is 1.92 bits per heavy atom. The van der Waals surface area contributed by atoms with Crippen molar-refractivity contribution in [2.24, 2.45) is 0 Å². The second-order valence-corrected chi connectivity index (χ2v) is 5.96. The number of rotatable bonds is 5. The zero-order valence-electron chi connectivity index (χ0n) is 13.0. The van der Waals surface area contributed by atoms with Crippen molar-refractivity contribution >= 4 is 51.8 Å². The highest BCUT2D eigenvalue weighted by molar-refractivity contribution is 6.42. The van der Waals surface area contributed by atoms with E-state index in [1.54, 1.807) is 24.3 Å². The van der Waals surface area contributed by atoms with Gasteiger partial charge in [0.25, 0.3) is 5.91 Å². The van der Waals surface area contributed by atoms with Gasteiger partial charge in [-0.05, 0) is 30.3 Å². The number of nitrogens with zero attached hydrogens (tertiary/aromatic N) is 3. The molecule has 0 fully saturated rings. The molecule has 0 bridgehead atoms. The minimum Gasteiger partial charge on any atom is -0.384 e. The van der Waals surface area contributed by atoms with Gasteiger partial charge in [0, 0.05) is 18.7 Å². The predicted octanol–water partition coefficient (Wildman–Crippen LogP) is 2.76. The van der Waals surface area contributed by atoms with Crippen LogP contribution in [0.5, 0.6) is 0 Å². The Hall–Kier alpha value is -2.64. The first-order valence-corrected chi connectivity index (χ1v) is 8.14. The van der Waals surface area contributed by atoms with E-state index in [1.807, 2.05) is 0 Å². The SMILES string of the molecule is Nc1ccc2c(NCCNC(=O)c3ccc(Cl)c(Cl)c3)ncnc2n1. The van der Waals surface area contributed by atoms with Gasteiger partial charge >= 0.3 is 0 Å². The molecule has 1 amide bonds. The number of carbonyl (C=O) groups is 1. The number of hydrogen-bond donors (Lipinski definition) is 3. The zero-order valence-corrected chi connectivity index (χ0v) is 14.5. The van der Waals surface area contributed by atoms with Crippen molar-refractivity contribution in [2.75, 3.05) is 24.1 Å². The minimum atomic E-state index is -0.234. The number of carbonyl (C=O) groups excluding carboxylic acids is 1. The molecule has 0 unspecified atom stereocenters. The second-order valence-electron chi connectivity index (χ2n) is 5.14. The van der Waals surface area contributed by atoms with Gasteiger partial charge in [0.2, 0.25) is 0 Å². The van der Waals surface area contributed by atoms with Crippen molar-refractivity contribution in [3.63, 3.8) is 0 Å². The summed E-state index contributed by atoms with van der Waals surface area (Å²) in [6.45, 7) is 0.872. The number of fused-ring (bicyclic) bond motifs is 1. The molecule has 128 valence electrons. The van der Waals surface area contributed by atoms with Crippen LogP contribution in [0, 0.1) is 0 Å². The summed E-state index contributed by atoms with van der Waals surface area (Å²) in [6, 6.07) is 8.21. The number of benzene rings is 1. The van der Waals surface area contributed by atoms with Crippen LogP contribution in [0.4, 0.5) is 11.6 Å². The number of aromatic nitrogens is 3. The lowest BCUT2D eigenvalue weighted by Crippen LogP contribution is -2.28. The third kappa shape index (κ3) is 4.07. The lowest BCUT2D eigenvalue weighted by Gasteiger charge is -2.09. The highest BCUT2D eigenvalue weighted by Gasteiger charge is 2.08. The third-order valence-electron chi connectivity index (χ3n) is 3.40. The van der Waals surface area contributed by atoms with Crippen molar-refractivity contribution in [3.8, 4) is 0 Å². The number of anilines is 2. The summed E-state index contributed by atoms with van der Waals surface area (Å²) in [5.41, 5.74) is 6.60. The summed E-state index contributed by atoms with van der Waals surface area (Å²) in [5, 5.41) is 7.44. The highest BCUT2D eigenvalue weighted by Crippen LogP contribution is 2.22. The Morgan fingerprint density at radius 3 is 2.72 bits per heavy atom. The molecule has 0 radical (unpaired) electrons. The molecule has 0 aliphatic heterocycles. The van der Waals surface area contributed by atoms with E-state index in [0.29, 0.717) is 46.0 Å². The normalized spacial score (nSPS) is 10.6. The first-order chi connectivity index (χ1) is 12.0. The van der Waals surface area contributed by atoms with Gasteiger partial charge in [0.05, 0.1) is 15.4 Å². The zero-order chi connectivity index (χ0) is 17.8. The number of amides is 1. The topological polar surface area (TPSA) is 106 Å². The largest absolute Gasteiger partial charge is 0.384 e. The second kappa shape index (κ2) is 7.50. The Balaban J connectivity index is 1.58. The van der Waals surface area contributed by atoms with Crippen molar-refractivity contribution < 1.29 is 4.79 Å². The number of halogens is 2. The standard InChI is InChI=1S/C16H14Cl2N6O/c17-11-3-1-9(7-12(11)18)16(25)21-6-5-20-14-10-2-4-13(19)24-15(10)23-8-22-14/h1-4,7-8H,5-6H2,(H,21,25)(H3,19,20,22,23,24). The summed E-state index contributed by atoms with van der Waals surface area (Å²) in [4.78, 5) is 24.5. The smallest absolute Gasteiger partial charge is 0.251 e. The van der Waals surface area contributed by atoms with E-state index < -0.39 is 0 Å². The van der Waals surface area contributed by atoms with E-state index >= 15 is 0 Å². The van der Waals surface area contributed by atoms with E-state index in [0.717, 1.165) is 5.39 Å². The van der Waals surface area contributed by atoms with Crippen molar-refractivity contribution in [2.45, 2.75) is 0 Å². The van der Waals surface area contributed by atoms with Crippen LogP contribution in [-0.4, -0.2) is 33.9 Å². The summed E-state index contributed by atoms with van der Waals surface area (Å²) in [7, 11) is 0. The maximum atomic E-state index is 12.1. The van der Waals surface area contributed by atoms with Gasteiger partial charge in [-0.25, -0.2) is 15.0 Å². The number of nitrogen functional groups attached to an aromatic ring is 1. The molecule has 4 N–H and O–H groups in total. The molecule has 0 aliphatic rings. The van der Waals surface area contributed by atoms with Gasteiger partial charge in [-0.1, -0.05) is 23.2 Å². The van der Waals surface area contributed by atoms with E-state index in [1.165, 1.54) is 12.4 Å². The number of hydrogen-bond acceptors (Lipinski definition) is 6. The van der Waals surface area contributed by atoms with Crippen molar-refractivity contribution in [3.05, 3.63) is 52.3 Å². The maximum absolute atomic E-state index is 12.1. The Labute approximate surface area is 153 Å². The molecule has 3 aromatic rings. The molecule has 9 heteroatoms. The summed E-state index contributed by atoms with van der Waals surface area (Å²) >= 11 is 11.8. The molecule has 3 rings (SSSR count). The van der Waals surface area contributed by atoms with Crippen molar-refractivity contribution in [1.82, 2.24) is 20.3 Å². The first-order valence-electron chi connectivity index (χ1n) is 7.39. The van der Waals surface area contributed by atoms with E-state index in [2.05, 4.69) is 25.6 Å². The molecule has 0 saturated carbocycles. The van der Waals surface area contributed by atoms with Gasteiger partial charge in [-0.2, -0.15) is 0 Å². The molecule has 1 aromatic carbocycles. The number of pyridine rings is 1. The first kappa shape index (κ1) is 17.2. The number of nitrogens with two attached hydrogens (primary N) is 1. The van der Waals surface area contributed by atoms with Gasteiger partial charge in [0.15, 0.2) is 5.65 Å². The highest BCUT2D eigenvalue weighted by atomic mass is 35.5. The lowest BCUT2D eigenvalue weighted by molar-refractivity contribution is 0.0955. The maximum Gasteiger partial charge on any atom is 0.251 e. The van der Waals surface area contributed by atoms with E-state index in [4.69, 9.17) is 28.9 Å². The molecule has 2 aromatic heterocycles. The number of nitrogens with one attached hydrogen (secondary N) is 2. The van der Waals surface area contributed by atoms with Gasteiger partial charge < -0.3 is 16.4 Å². The molecule has 0 aliphatic carbocycles. The summed E-state index contributed by atoms with van der Waals surface area (Å²) in [6.07, 6.45) is 1.41. The lowest BCUT2D eigenvalue weighted by atomic mass is 10.2. The molecule has 7 nitrogen and oxygen atoms in total. The average Bonchev–Trinajstić information content (AvgIpc) is 2.60. The van der Waals surface area contributed by atoms with Crippen LogP contribution in [0.1, 0.15) is 10.4 Å². The van der Waals surface area contributed by atoms with Crippen LogP contribution in [-0.2, 0) is 0 Å². The third-order valence-corrected chi connectivity index (χ3v) is 4.14. The molecule has 0 spiro atoms. The molecular formula is C16H14Cl2N6O. The molecule has 2 heterocycles. The van der Waals surface area contributed by atoms with Crippen LogP contribution < -0.4 is 16.4 Å². The van der Waals surface area contributed by atoms with Crippen LogP contribution in [0.15, 0.2) is 36.7 Å². The van der Waals surface area contributed by atoms with Crippen LogP contribution in [0.25, 0.3) is 11.0 Å². The molecule has 0 saturated heterocycles.